The number of phosphoric ester groups is 2. The molecule has 3 N–H and O–H groups in total. The molecule has 83 heavy (non-hydrogen) atoms. The van der Waals surface area contributed by atoms with Crippen LogP contribution in [0.2, 0.25) is 0 Å². The monoisotopic (exact) mass is 1230 g/mol. The molecule has 492 valence electrons. The van der Waals surface area contributed by atoms with Crippen LogP contribution in [0.1, 0.15) is 306 Å². The Balaban J connectivity index is 5.26. The second kappa shape index (κ2) is 54.2. The van der Waals surface area contributed by atoms with Gasteiger partial charge in [0.2, 0.25) is 0 Å². The van der Waals surface area contributed by atoms with Gasteiger partial charge in [-0.15, -0.1) is 0 Å². The number of hydrogen-bond donors (Lipinski definition) is 3. The molecule has 5 unspecified atom stereocenters. The second-order valence-corrected chi connectivity index (χ2v) is 27.5. The van der Waals surface area contributed by atoms with Crippen LogP contribution < -0.4 is 0 Å². The second-order valence-electron chi connectivity index (χ2n) is 24.6. The summed E-state index contributed by atoms with van der Waals surface area (Å²) in [6.07, 6.45) is 33.6. The van der Waals surface area contributed by atoms with Gasteiger partial charge in [-0.25, -0.2) is 9.13 Å². The first-order chi connectivity index (χ1) is 39.7. The van der Waals surface area contributed by atoms with Gasteiger partial charge >= 0.3 is 39.5 Å². The SMILES string of the molecule is CCC(C)CCCCCCCCC(=O)OC[C@H](COP(=O)(O)OCC(O)COP(=O)(O)OC[C@@H](COC(=O)CCCCCCCCCC(C)C)OC(=O)CCCCCCCCC(C)CC)OC(=O)CCCCCCCCCCCCC(C)C. The summed E-state index contributed by atoms with van der Waals surface area (Å²) in [5.41, 5.74) is 0. The van der Waals surface area contributed by atoms with Crippen LogP contribution in [0.5, 0.6) is 0 Å². The molecule has 0 aliphatic rings. The van der Waals surface area contributed by atoms with Crippen molar-refractivity contribution in [3.05, 3.63) is 0 Å². The summed E-state index contributed by atoms with van der Waals surface area (Å²) in [5, 5.41) is 10.5. The van der Waals surface area contributed by atoms with E-state index < -0.39 is 97.5 Å². The maximum absolute atomic E-state index is 13.0. The largest absolute Gasteiger partial charge is 0.472 e. The third-order valence-electron chi connectivity index (χ3n) is 15.3. The van der Waals surface area contributed by atoms with Crippen molar-refractivity contribution < 1.29 is 80.2 Å². The molecule has 0 fully saturated rings. The van der Waals surface area contributed by atoms with E-state index in [1.165, 1.54) is 96.3 Å². The lowest BCUT2D eigenvalue weighted by molar-refractivity contribution is -0.161. The summed E-state index contributed by atoms with van der Waals surface area (Å²) in [7, 11) is -9.89. The number of carbonyl (C=O) groups excluding carboxylic acids is 4. The molecule has 0 aliphatic heterocycles. The zero-order valence-electron chi connectivity index (χ0n) is 53.8. The molecule has 0 radical (unpaired) electrons. The van der Waals surface area contributed by atoms with Gasteiger partial charge in [0.1, 0.15) is 19.3 Å². The fourth-order valence-electron chi connectivity index (χ4n) is 9.36. The standard InChI is InChI=1S/C64H124O17P2/c1-9-56(7)42-34-26-20-22-29-37-45-62(67)75-51-59(80-63(68)46-38-30-18-14-12-11-13-16-24-32-40-54(3)4)52-78-82(70,71)76-48-58(65)49-77-83(72,73)79-53-60(81-64(69)47-39-31-23-21-27-35-43-57(8)10-2)50-74-61(66)44-36-28-19-15-17-25-33-41-55(5)6/h54-60,65H,9-53H2,1-8H3,(H,70,71)(H,72,73)/t56?,57?,58?,59-,60-/m1/s1. The van der Waals surface area contributed by atoms with Crippen molar-refractivity contribution in [1.29, 1.82) is 0 Å². The third kappa shape index (κ3) is 56.3. The Morgan fingerprint density at radius 2 is 0.578 bits per heavy atom. The zero-order valence-corrected chi connectivity index (χ0v) is 55.6. The van der Waals surface area contributed by atoms with Crippen LogP contribution in [0.25, 0.3) is 0 Å². The number of rotatable bonds is 61. The van der Waals surface area contributed by atoms with Gasteiger partial charge in [-0.3, -0.25) is 37.3 Å². The van der Waals surface area contributed by atoms with E-state index in [0.29, 0.717) is 31.6 Å². The number of phosphoric acid groups is 2. The molecule has 0 rings (SSSR count). The van der Waals surface area contributed by atoms with Gasteiger partial charge < -0.3 is 33.8 Å². The first kappa shape index (κ1) is 81.1. The summed E-state index contributed by atoms with van der Waals surface area (Å²) in [6.45, 7) is 13.9. The minimum atomic E-state index is -4.95. The van der Waals surface area contributed by atoms with Gasteiger partial charge in [0.05, 0.1) is 26.4 Å². The molecule has 0 aliphatic carbocycles. The Kier molecular flexibility index (Phi) is 53.0. The summed E-state index contributed by atoms with van der Waals surface area (Å²) >= 11 is 0. The predicted octanol–water partition coefficient (Wildman–Crippen LogP) is 17.4. The van der Waals surface area contributed by atoms with E-state index in [1.54, 1.807) is 0 Å². The molecule has 0 bridgehead atoms. The quantitative estimate of drug-likeness (QED) is 0.0222. The van der Waals surface area contributed by atoms with Gasteiger partial charge in [0.25, 0.3) is 0 Å². The van der Waals surface area contributed by atoms with Crippen LogP contribution in [0, 0.1) is 23.7 Å². The molecule has 0 heterocycles. The van der Waals surface area contributed by atoms with E-state index in [1.807, 2.05) is 0 Å². The van der Waals surface area contributed by atoms with E-state index in [2.05, 4.69) is 55.4 Å². The number of esters is 4. The molecule has 17 nitrogen and oxygen atoms in total. The van der Waals surface area contributed by atoms with E-state index in [4.69, 9.17) is 37.0 Å². The van der Waals surface area contributed by atoms with Crippen LogP contribution in [-0.2, 0) is 65.4 Å². The highest BCUT2D eigenvalue weighted by Crippen LogP contribution is 2.45. The summed E-state index contributed by atoms with van der Waals surface area (Å²) in [4.78, 5) is 72.2. The average molecular weight is 1230 g/mol. The molecule has 0 amide bonds. The molecule has 0 aromatic carbocycles. The van der Waals surface area contributed by atoms with E-state index in [9.17, 15) is 43.2 Å². The highest BCUT2D eigenvalue weighted by molar-refractivity contribution is 7.47. The highest BCUT2D eigenvalue weighted by atomic mass is 31.2. The van der Waals surface area contributed by atoms with Crippen molar-refractivity contribution >= 4 is 39.5 Å². The summed E-state index contributed by atoms with van der Waals surface area (Å²) < 4.78 is 68.0. The Morgan fingerprint density at radius 3 is 0.855 bits per heavy atom. The Hall–Kier alpha value is -1.94. The highest BCUT2D eigenvalue weighted by Gasteiger charge is 2.30. The van der Waals surface area contributed by atoms with Crippen molar-refractivity contribution in [3.63, 3.8) is 0 Å². The van der Waals surface area contributed by atoms with Gasteiger partial charge in [-0.2, -0.15) is 0 Å². The number of aliphatic hydroxyl groups excluding tert-OH is 1. The fraction of sp³-hybridized carbons (Fsp3) is 0.938. The van der Waals surface area contributed by atoms with Crippen molar-refractivity contribution in [2.45, 2.75) is 324 Å². The number of unbranched alkanes of at least 4 members (excludes halogenated alkanes) is 25. The molecule has 19 heteroatoms. The maximum Gasteiger partial charge on any atom is 0.472 e. The minimum absolute atomic E-state index is 0.101. The lowest BCUT2D eigenvalue weighted by Crippen LogP contribution is -2.30. The van der Waals surface area contributed by atoms with Crippen LogP contribution in [-0.4, -0.2) is 96.7 Å². The Labute approximate surface area is 505 Å². The lowest BCUT2D eigenvalue weighted by atomic mass is 10.00. The summed E-state index contributed by atoms with van der Waals surface area (Å²) in [5.74, 6) is 0.766. The van der Waals surface area contributed by atoms with Crippen LogP contribution in [0.15, 0.2) is 0 Å². The van der Waals surface area contributed by atoms with Crippen molar-refractivity contribution in [2.75, 3.05) is 39.6 Å². The maximum atomic E-state index is 13.0. The topological polar surface area (TPSA) is 237 Å². The Bertz CT molecular complexity index is 1670. The van der Waals surface area contributed by atoms with Gasteiger partial charge in [0, 0.05) is 25.7 Å². The predicted molar refractivity (Wildman–Crippen MR) is 331 cm³/mol. The summed E-state index contributed by atoms with van der Waals surface area (Å²) in [6, 6.07) is 0. The first-order valence-corrected chi connectivity index (χ1v) is 36.3. The lowest BCUT2D eigenvalue weighted by Gasteiger charge is -2.21. The molecular weight excluding hydrogens is 1100 g/mol. The molecule has 0 saturated heterocycles. The molecule has 0 aromatic heterocycles. The van der Waals surface area contributed by atoms with Crippen molar-refractivity contribution in [1.82, 2.24) is 0 Å². The molecular formula is C64H124O17P2. The number of carbonyl (C=O) groups is 4. The third-order valence-corrected chi connectivity index (χ3v) is 17.2. The zero-order chi connectivity index (χ0) is 61.8. The molecule has 7 atom stereocenters. The van der Waals surface area contributed by atoms with E-state index >= 15 is 0 Å². The molecule has 0 aromatic rings. The van der Waals surface area contributed by atoms with Gasteiger partial charge in [-0.05, 0) is 49.4 Å². The number of ether oxygens (including phenoxy) is 4. The molecule has 0 saturated carbocycles. The van der Waals surface area contributed by atoms with E-state index in [-0.39, 0.29) is 25.7 Å². The minimum Gasteiger partial charge on any atom is -0.462 e. The van der Waals surface area contributed by atoms with Crippen molar-refractivity contribution in [2.24, 2.45) is 23.7 Å². The smallest absolute Gasteiger partial charge is 0.462 e. The van der Waals surface area contributed by atoms with E-state index in [0.717, 1.165) is 120 Å². The average Bonchev–Trinajstić information content (AvgIpc) is 3.44. The van der Waals surface area contributed by atoms with Gasteiger partial charge in [0.15, 0.2) is 12.2 Å². The first-order valence-electron chi connectivity index (χ1n) is 33.3. The molecule has 0 spiro atoms. The van der Waals surface area contributed by atoms with Crippen molar-refractivity contribution in [3.8, 4) is 0 Å². The Morgan fingerprint density at radius 1 is 0.337 bits per heavy atom. The number of aliphatic hydroxyl groups is 1. The van der Waals surface area contributed by atoms with Crippen LogP contribution in [0.4, 0.5) is 0 Å². The van der Waals surface area contributed by atoms with Crippen LogP contribution in [0.3, 0.4) is 0 Å². The normalized spacial score (nSPS) is 15.1. The van der Waals surface area contributed by atoms with Crippen LogP contribution >= 0.6 is 15.6 Å². The van der Waals surface area contributed by atoms with Gasteiger partial charge in [-0.1, -0.05) is 254 Å². The number of hydrogen-bond acceptors (Lipinski definition) is 15. The fourth-order valence-corrected chi connectivity index (χ4v) is 10.9.